The fourth-order valence-electron chi connectivity index (χ4n) is 1.33. The minimum Gasteiger partial charge on any atom is -0.395 e. The van der Waals surface area contributed by atoms with Gasteiger partial charge < -0.3 is 5.11 Å². The third kappa shape index (κ3) is 4.31. The fourth-order valence-corrected chi connectivity index (χ4v) is 3.25. The van der Waals surface area contributed by atoms with Crippen molar-refractivity contribution >= 4 is 21.8 Å². The van der Waals surface area contributed by atoms with Gasteiger partial charge in [0.05, 0.1) is 17.5 Å². The number of hydrogen-bond acceptors (Lipinski definition) is 4. The maximum absolute atomic E-state index is 12.0. The molecule has 1 rings (SSSR count). The van der Waals surface area contributed by atoms with Gasteiger partial charge in [-0.2, -0.15) is 11.8 Å². The third-order valence-electron chi connectivity index (χ3n) is 2.24. The summed E-state index contributed by atoms with van der Waals surface area (Å²) < 4.78 is 26.4. The second-order valence-corrected chi connectivity index (χ2v) is 6.39. The summed E-state index contributed by atoms with van der Waals surface area (Å²) in [5, 5.41) is 9.07. The van der Waals surface area contributed by atoms with Crippen molar-refractivity contribution in [3.63, 3.8) is 0 Å². The normalized spacial score (nSPS) is 13.6. The fraction of sp³-hybridized carbons (Fsp3) is 0.455. The molecule has 17 heavy (non-hydrogen) atoms. The largest absolute Gasteiger partial charge is 0.395 e. The number of rotatable bonds is 6. The highest BCUT2D eigenvalue weighted by Crippen LogP contribution is 2.11. The molecule has 4 nitrogen and oxygen atoms in total. The Labute approximate surface area is 106 Å². The van der Waals surface area contributed by atoms with Crippen molar-refractivity contribution in [2.45, 2.75) is 17.9 Å². The summed E-state index contributed by atoms with van der Waals surface area (Å²) >= 11 is 1.49. The Kier molecular flexibility index (Phi) is 5.45. The molecule has 96 valence electrons. The first kappa shape index (κ1) is 14.5. The number of thioether (sulfide) groups is 1. The second kappa shape index (κ2) is 6.39. The summed E-state index contributed by atoms with van der Waals surface area (Å²) in [5.74, 6) is 0.543. The van der Waals surface area contributed by atoms with Gasteiger partial charge in [-0.1, -0.05) is 17.7 Å². The molecule has 0 unspecified atom stereocenters. The van der Waals surface area contributed by atoms with E-state index in [1.54, 1.807) is 24.3 Å². The first-order valence-electron chi connectivity index (χ1n) is 5.18. The third-order valence-corrected chi connectivity index (χ3v) is 4.51. The van der Waals surface area contributed by atoms with Gasteiger partial charge in [0.15, 0.2) is 0 Å². The molecule has 0 saturated heterocycles. The van der Waals surface area contributed by atoms with E-state index in [-0.39, 0.29) is 11.5 Å². The predicted molar refractivity (Wildman–Crippen MR) is 70.8 cm³/mol. The highest BCUT2D eigenvalue weighted by Gasteiger charge is 2.18. The van der Waals surface area contributed by atoms with E-state index in [9.17, 15) is 8.42 Å². The van der Waals surface area contributed by atoms with Crippen LogP contribution in [-0.2, 0) is 10.0 Å². The quantitative estimate of drug-likeness (QED) is 0.813. The molecule has 0 amide bonds. The van der Waals surface area contributed by atoms with Crippen LogP contribution in [0.25, 0.3) is 0 Å². The van der Waals surface area contributed by atoms with Gasteiger partial charge in [0.1, 0.15) is 0 Å². The van der Waals surface area contributed by atoms with Crippen LogP contribution < -0.4 is 4.72 Å². The molecule has 0 fully saturated rings. The van der Waals surface area contributed by atoms with Crippen molar-refractivity contribution in [2.75, 3.05) is 18.6 Å². The van der Waals surface area contributed by atoms with Crippen LogP contribution in [0.4, 0.5) is 0 Å². The molecule has 0 aliphatic heterocycles. The molecule has 0 radical (unpaired) electrons. The molecular weight excluding hydrogens is 258 g/mol. The molecule has 0 heterocycles. The van der Waals surface area contributed by atoms with E-state index >= 15 is 0 Å². The SMILES string of the molecule is CSC[C@H](CO)NS(=O)(=O)c1ccc(C)cc1. The average Bonchev–Trinajstić information content (AvgIpc) is 2.28. The van der Waals surface area contributed by atoms with Gasteiger partial charge in [-0.05, 0) is 25.3 Å². The molecule has 0 bridgehead atoms. The number of benzene rings is 1. The highest BCUT2D eigenvalue weighted by molar-refractivity contribution is 7.98. The van der Waals surface area contributed by atoms with Crippen molar-refractivity contribution in [1.29, 1.82) is 0 Å². The van der Waals surface area contributed by atoms with Crippen molar-refractivity contribution in [2.24, 2.45) is 0 Å². The first-order valence-corrected chi connectivity index (χ1v) is 8.06. The van der Waals surface area contributed by atoms with Crippen molar-refractivity contribution < 1.29 is 13.5 Å². The number of aryl methyl sites for hydroxylation is 1. The molecule has 1 atom stereocenters. The average molecular weight is 275 g/mol. The highest BCUT2D eigenvalue weighted by atomic mass is 32.2. The van der Waals surface area contributed by atoms with Crippen LogP contribution in [0.5, 0.6) is 0 Å². The molecule has 1 aromatic rings. The number of aliphatic hydroxyl groups excluding tert-OH is 1. The minimum absolute atomic E-state index is 0.202. The van der Waals surface area contributed by atoms with Crippen LogP contribution in [0.2, 0.25) is 0 Å². The lowest BCUT2D eigenvalue weighted by Gasteiger charge is -2.15. The van der Waals surface area contributed by atoms with Gasteiger partial charge in [-0.25, -0.2) is 13.1 Å². The lowest BCUT2D eigenvalue weighted by molar-refractivity contribution is 0.267. The second-order valence-electron chi connectivity index (χ2n) is 3.77. The van der Waals surface area contributed by atoms with Crippen LogP contribution in [0.15, 0.2) is 29.2 Å². The van der Waals surface area contributed by atoms with E-state index in [1.807, 2.05) is 13.2 Å². The molecule has 2 N–H and O–H groups in total. The Balaban J connectivity index is 2.84. The number of sulfonamides is 1. The van der Waals surface area contributed by atoms with Gasteiger partial charge >= 0.3 is 0 Å². The zero-order valence-corrected chi connectivity index (χ0v) is 11.5. The van der Waals surface area contributed by atoms with Gasteiger partial charge in [0, 0.05) is 5.75 Å². The topological polar surface area (TPSA) is 66.4 Å². The Morgan fingerprint density at radius 2 is 1.94 bits per heavy atom. The lowest BCUT2D eigenvalue weighted by atomic mass is 10.2. The summed E-state index contributed by atoms with van der Waals surface area (Å²) in [6.07, 6.45) is 1.86. The van der Waals surface area contributed by atoms with Crippen LogP contribution in [0, 0.1) is 6.92 Å². The first-order chi connectivity index (χ1) is 7.99. The van der Waals surface area contributed by atoms with Crippen molar-refractivity contribution in [1.82, 2.24) is 4.72 Å². The molecular formula is C11H17NO3S2. The lowest BCUT2D eigenvalue weighted by Crippen LogP contribution is -2.39. The molecule has 0 aromatic heterocycles. The standard InChI is InChI=1S/C11H17NO3S2/c1-9-3-5-11(6-4-9)17(14,15)12-10(7-13)8-16-2/h3-6,10,12-13H,7-8H2,1-2H3/t10-/m0/s1. The van der Waals surface area contributed by atoms with Crippen LogP contribution in [0.3, 0.4) is 0 Å². The maximum atomic E-state index is 12.0. The zero-order chi connectivity index (χ0) is 12.9. The molecule has 0 spiro atoms. The molecule has 0 aliphatic carbocycles. The van der Waals surface area contributed by atoms with E-state index in [4.69, 9.17) is 5.11 Å². The predicted octanol–water partition coefficient (Wildman–Crippen LogP) is 0.997. The minimum atomic E-state index is -3.53. The maximum Gasteiger partial charge on any atom is 0.240 e. The molecule has 0 aliphatic rings. The number of aliphatic hydroxyl groups is 1. The summed E-state index contributed by atoms with van der Waals surface area (Å²) in [6.45, 7) is 1.69. The monoisotopic (exact) mass is 275 g/mol. The Morgan fingerprint density at radius 3 is 2.41 bits per heavy atom. The Hall–Kier alpha value is -0.560. The Morgan fingerprint density at radius 1 is 1.35 bits per heavy atom. The summed E-state index contributed by atoms with van der Waals surface area (Å²) in [5.41, 5.74) is 1.01. The van der Waals surface area contributed by atoms with E-state index in [0.29, 0.717) is 5.75 Å². The molecule has 1 aromatic carbocycles. The van der Waals surface area contributed by atoms with E-state index < -0.39 is 16.1 Å². The van der Waals surface area contributed by atoms with Crippen molar-refractivity contribution in [3.8, 4) is 0 Å². The van der Waals surface area contributed by atoms with E-state index in [0.717, 1.165) is 5.56 Å². The zero-order valence-electron chi connectivity index (χ0n) is 9.88. The van der Waals surface area contributed by atoms with Gasteiger partial charge in [-0.15, -0.1) is 0 Å². The van der Waals surface area contributed by atoms with Gasteiger partial charge in [-0.3, -0.25) is 0 Å². The van der Waals surface area contributed by atoms with Crippen LogP contribution in [0.1, 0.15) is 5.56 Å². The summed E-state index contributed by atoms with van der Waals surface area (Å²) in [4.78, 5) is 0.225. The van der Waals surface area contributed by atoms with Crippen LogP contribution in [-0.4, -0.2) is 38.2 Å². The smallest absolute Gasteiger partial charge is 0.240 e. The molecule has 0 saturated carbocycles. The van der Waals surface area contributed by atoms with Gasteiger partial charge in [0.25, 0.3) is 0 Å². The Bertz CT molecular complexity index is 442. The molecule has 6 heteroatoms. The van der Waals surface area contributed by atoms with E-state index in [1.165, 1.54) is 11.8 Å². The summed E-state index contributed by atoms with van der Waals surface area (Å²) in [6, 6.07) is 6.17. The summed E-state index contributed by atoms with van der Waals surface area (Å²) in [7, 11) is -3.53. The number of nitrogens with one attached hydrogen (secondary N) is 1. The van der Waals surface area contributed by atoms with Gasteiger partial charge in [0.2, 0.25) is 10.0 Å². The number of hydrogen-bond donors (Lipinski definition) is 2. The van der Waals surface area contributed by atoms with E-state index in [2.05, 4.69) is 4.72 Å². The van der Waals surface area contributed by atoms with Crippen molar-refractivity contribution in [3.05, 3.63) is 29.8 Å². The van der Waals surface area contributed by atoms with Crippen LogP contribution >= 0.6 is 11.8 Å².